The van der Waals surface area contributed by atoms with Crippen molar-refractivity contribution < 1.29 is 19.4 Å². The topological polar surface area (TPSA) is 99.4 Å². The van der Waals surface area contributed by atoms with Crippen molar-refractivity contribution in [3.8, 4) is 0 Å². The minimum absolute atomic E-state index is 0.0340. The maximum Gasteiger partial charge on any atom is 0.329 e. The molecule has 0 aromatic carbocycles. The summed E-state index contributed by atoms with van der Waals surface area (Å²) in [5.41, 5.74) is -0.221. The van der Waals surface area contributed by atoms with Gasteiger partial charge in [0.1, 0.15) is 6.61 Å². The van der Waals surface area contributed by atoms with E-state index in [-0.39, 0.29) is 24.5 Å². The van der Waals surface area contributed by atoms with E-state index in [1.165, 1.54) is 4.80 Å². The van der Waals surface area contributed by atoms with Gasteiger partial charge in [0.2, 0.25) is 0 Å². The minimum atomic E-state index is -0.690. The molecule has 1 N–H and O–H groups in total. The van der Waals surface area contributed by atoms with E-state index in [9.17, 15) is 9.90 Å². The maximum atomic E-state index is 11.7. The van der Waals surface area contributed by atoms with Gasteiger partial charge in [-0.05, 0) is 11.6 Å². The zero-order valence-corrected chi connectivity index (χ0v) is 12.7. The summed E-state index contributed by atoms with van der Waals surface area (Å²) in [5, 5.41) is 21.7. The smallest absolute Gasteiger partial charge is 0.329 e. The van der Waals surface area contributed by atoms with Gasteiger partial charge < -0.3 is 14.6 Å². The van der Waals surface area contributed by atoms with Crippen LogP contribution in [0.3, 0.4) is 0 Å². The fraction of sp³-hybridized carbons (Fsp3) is 0.846. The second-order valence-electron chi connectivity index (χ2n) is 6.27. The van der Waals surface area contributed by atoms with Gasteiger partial charge in [0.05, 0.1) is 12.7 Å². The monoisotopic (exact) mass is 298 g/mol. The van der Waals surface area contributed by atoms with Crippen LogP contribution in [0.2, 0.25) is 0 Å². The molecule has 8 nitrogen and oxygen atoms in total. The molecule has 0 amide bonds. The Morgan fingerprint density at radius 2 is 2.33 bits per heavy atom. The van der Waals surface area contributed by atoms with E-state index in [1.807, 2.05) is 20.8 Å². The van der Waals surface area contributed by atoms with Crippen LogP contribution in [0.5, 0.6) is 0 Å². The molecule has 0 aliphatic carbocycles. The molecule has 21 heavy (non-hydrogen) atoms. The highest BCUT2D eigenvalue weighted by atomic mass is 16.5. The summed E-state index contributed by atoms with van der Waals surface area (Å²) in [5.74, 6) is 0.110. The number of hydrogen-bond acceptors (Lipinski definition) is 7. The summed E-state index contributed by atoms with van der Waals surface area (Å²) in [6.07, 6.45) is 0.100. The molecule has 1 aromatic heterocycles. The molecule has 1 saturated heterocycles. The van der Waals surface area contributed by atoms with Crippen molar-refractivity contribution >= 4 is 5.97 Å². The average molecular weight is 298 g/mol. The number of rotatable bonds is 5. The second-order valence-corrected chi connectivity index (χ2v) is 6.27. The lowest BCUT2D eigenvalue weighted by Crippen LogP contribution is -2.28. The highest BCUT2D eigenvalue weighted by Gasteiger charge is 2.25. The van der Waals surface area contributed by atoms with Gasteiger partial charge >= 0.3 is 5.97 Å². The highest BCUT2D eigenvalue weighted by Crippen LogP contribution is 2.17. The third-order valence-corrected chi connectivity index (χ3v) is 3.32. The van der Waals surface area contributed by atoms with Gasteiger partial charge in [0.25, 0.3) is 0 Å². The number of aromatic nitrogens is 4. The SMILES string of the molecule is CC(C)(C)c1nnn(CC(=O)OCC(O)C2CCOC2)n1. The number of tetrazole rings is 1. The first-order valence-electron chi connectivity index (χ1n) is 7.06. The lowest BCUT2D eigenvalue weighted by molar-refractivity contribution is -0.149. The van der Waals surface area contributed by atoms with Crippen molar-refractivity contribution in [2.75, 3.05) is 19.8 Å². The van der Waals surface area contributed by atoms with Crippen LogP contribution in [-0.4, -0.2) is 57.2 Å². The van der Waals surface area contributed by atoms with Crippen molar-refractivity contribution in [1.29, 1.82) is 0 Å². The van der Waals surface area contributed by atoms with Crippen LogP contribution in [0.25, 0.3) is 0 Å². The quantitative estimate of drug-likeness (QED) is 0.758. The molecule has 2 rings (SSSR count). The molecule has 2 atom stereocenters. The van der Waals surface area contributed by atoms with E-state index in [0.29, 0.717) is 19.0 Å². The zero-order valence-electron chi connectivity index (χ0n) is 12.7. The Morgan fingerprint density at radius 3 is 2.90 bits per heavy atom. The van der Waals surface area contributed by atoms with Gasteiger partial charge in [-0.3, -0.25) is 0 Å². The highest BCUT2D eigenvalue weighted by molar-refractivity contribution is 5.68. The molecule has 0 bridgehead atoms. The van der Waals surface area contributed by atoms with Gasteiger partial charge in [-0.15, -0.1) is 10.2 Å². The predicted octanol–water partition coefficient (Wildman–Crippen LogP) is -0.0888. The largest absolute Gasteiger partial charge is 0.461 e. The Hall–Kier alpha value is -1.54. The fourth-order valence-corrected chi connectivity index (χ4v) is 1.94. The van der Waals surface area contributed by atoms with E-state index in [4.69, 9.17) is 9.47 Å². The molecule has 1 aliphatic heterocycles. The van der Waals surface area contributed by atoms with Crippen LogP contribution in [-0.2, 0) is 26.2 Å². The van der Waals surface area contributed by atoms with E-state index in [1.54, 1.807) is 0 Å². The third kappa shape index (κ3) is 4.47. The molecule has 2 unspecified atom stereocenters. The van der Waals surface area contributed by atoms with E-state index in [2.05, 4.69) is 15.4 Å². The Bertz CT molecular complexity index is 477. The molecule has 1 aliphatic rings. The Balaban J connectivity index is 1.77. The van der Waals surface area contributed by atoms with E-state index in [0.717, 1.165) is 6.42 Å². The summed E-state index contributed by atoms with van der Waals surface area (Å²) in [6.45, 7) is 6.91. The minimum Gasteiger partial charge on any atom is -0.461 e. The van der Waals surface area contributed by atoms with Crippen LogP contribution in [0.4, 0.5) is 0 Å². The summed E-state index contributed by atoms with van der Waals surface area (Å²) in [6, 6.07) is 0. The molecule has 1 fully saturated rings. The fourth-order valence-electron chi connectivity index (χ4n) is 1.94. The number of nitrogens with zero attached hydrogens (tertiary/aromatic N) is 4. The summed E-state index contributed by atoms with van der Waals surface area (Å²) >= 11 is 0. The van der Waals surface area contributed by atoms with Crippen LogP contribution < -0.4 is 0 Å². The molecular formula is C13H22N4O4. The van der Waals surface area contributed by atoms with Crippen LogP contribution in [0.1, 0.15) is 33.0 Å². The van der Waals surface area contributed by atoms with Crippen molar-refractivity contribution in [3.63, 3.8) is 0 Å². The molecule has 8 heteroatoms. The molecule has 0 saturated carbocycles. The molecule has 1 aromatic rings. The molecule has 2 heterocycles. The average Bonchev–Trinajstić information content (AvgIpc) is 3.05. The Morgan fingerprint density at radius 1 is 1.57 bits per heavy atom. The maximum absolute atomic E-state index is 11.7. The molecule has 118 valence electrons. The number of carbonyl (C=O) groups is 1. The third-order valence-electron chi connectivity index (χ3n) is 3.32. The van der Waals surface area contributed by atoms with Gasteiger partial charge in [-0.25, -0.2) is 4.79 Å². The standard InChI is InChI=1S/C13H22N4O4/c1-13(2,3)12-14-16-17(15-12)6-11(19)21-8-10(18)9-4-5-20-7-9/h9-10,18H,4-8H2,1-3H3. The van der Waals surface area contributed by atoms with Gasteiger partial charge in [-0.2, -0.15) is 4.80 Å². The van der Waals surface area contributed by atoms with Crippen LogP contribution >= 0.6 is 0 Å². The van der Waals surface area contributed by atoms with Gasteiger partial charge in [-0.1, -0.05) is 20.8 Å². The number of ether oxygens (including phenoxy) is 2. The van der Waals surface area contributed by atoms with Crippen molar-refractivity contribution in [3.05, 3.63) is 5.82 Å². The summed E-state index contributed by atoms with van der Waals surface area (Å²) in [4.78, 5) is 12.9. The van der Waals surface area contributed by atoms with Crippen molar-refractivity contribution in [1.82, 2.24) is 20.2 Å². The first-order chi connectivity index (χ1) is 9.86. The first kappa shape index (κ1) is 15.8. The first-order valence-corrected chi connectivity index (χ1v) is 7.06. The lowest BCUT2D eigenvalue weighted by atomic mass is 9.96. The number of aliphatic hydroxyl groups excluding tert-OH is 1. The lowest BCUT2D eigenvalue weighted by Gasteiger charge is -2.16. The molecule has 0 spiro atoms. The van der Waals surface area contributed by atoms with Gasteiger partial charge in [0, 0.05) is 17.9 Å². The number of hydrogen-bond donors (Lipinski definition) is 1. The van der Waals surface area contributed by atoms with Crippen LogP contribution in [0.15, 0.2) is 0 Å². The van der Waals surface area contributed by atoms with E-state index >= 15 is 0 Å². The summed E-state index contributed by atoms with van der Waals surface area (Å²) < 4.78 is 10.2. The van der Waals surface area contributed by atoms with E-state index < -0.39 is 12.1 Å². The zero-order chi connectivity index (χ0) is 15.5. The second kappa shape index (κ2) is 6.48. The molecule has 0 radical (unpaired) electrons. The van der Waals surface area contributed by atoms with Gasteiger partial charge in [0.15, 0.2) is 12.4 Å². The van der Waals surface area contributed by atoms with Crippen LogP contribution in [0, 0.1) is 5.92 Å². The summed E-state index contributed by atoms with van der Waals surface area (Å²) in [7, 11) is 0. The Kier molecular flexibility index (Phi) is 4.89. The Labute approximate surface area is 123 Å². The number of carbonyl (C=O) groups excluding carboxylic acids is 1. The number of aliphatic hydroxyl groups is 1. The number of esters is 1. The van der Waals surface area contributed by atoms with Crippen molar-refractivity contribution in [2.45, 2.75) is 45.3 Å². The van der Waals surface area contributed by atoms with Crippen molar-refractivity contribution in [2.24, 2.45) is 5.92 Å². The predicted molar refractivity (Wildman–Crippen MR) is 72.4 cm³/mol. The molecular weight excluding hydrogens is 276 g/mol. The normalized spacial score (nSPS) is 20.5.